The minimum absolute atomic E-state index is 0.0136. The van der Waals surface area contributed by atoms with E-state index >= 15 is 0 Å². The van der Waals surface area contributed by atoms with Gasteiger partial charge < -0.3 is 10.6 Å². The van der Waals surface area contributed by atoms with E-state index in [1.165, 1.54) is 35.4 Å². The van der Waals surface area contributed by atoms with Crippen molar-refractivity contribution >= 4 is 21.6 Å². The van der Waals surface area contributed by atoms with Gasteiger partial charge in [-0.05, 0) is 56.0 Å². The first-order valence-electron chi connectivity index (χ1n) is 9.44. The summed E-state index contributed by atoms with van der Waals surface area (Å²) < 4.78 is 22.6. The van der Waals surface area contributed by atoms with Gasteiger partial charge >= 0.3 is 0 Å². The molecule has 0 heterocycles. The maximum absolute atomic E-state index is 12.5. The van der Waals surface area contributed by atoms with Crippen LogP contribution in [-0.2, 0) is 21.2 Å². The van der Waals surface area contributed by atoms with E-state index in [-0.39, 0.29) is 22.9 Å². The van der Waals surface area contributed by atoms with E-state index in [4.69, 9.17) is 5.14 Å². The molecule has 0 unspecified atom stereocenters. The Bertz CT molecular complexity index is 891. The van der Waals surface area contributed by atoms with Crippen molar-refractivity contribution in [1.82, 2.24) is 0 Å². The Morgan fingerprint density at radius 2 is 1.57 bits per heavy atom. The van der Waals surface area contributed by atoms with Crippen LogP contribution in [-0.4, -0.2) is 20.4 Å². The fraction of sp³-hybridized carbons (Fsp3) is 0.381. The highest BCUT2D eigenvalue weighted by molar-refractivity contribution is 7.89. The van der Waals surface area contributed by atoms with Gasteiger partial charge in [0.15, 0.2) is 6.04 Å². The quantitative estimate of drug-likeness (QED) is 0.628. The average Bonchev–Trinajstić information content (AvgIpc) is 2.61. The summed E-state index contributed by atoms with van der Waals surface area (Å²) in [5.41, 5.74) is 3.02. The van der Waals surface area contributed by atoms with Crippen LogP contribution >= 0.6 is 0 Å². The van der Waals surface area contributed by atoms with Crippen LogP contribution in [0.5, 0.6) is 0 Å². The smallest absolute Gasteiger partial charge is 0.282 e. The molecule has 7 heteroatoms. The number of amides is 1. The summed E-state index contributed by atoms with van der Waals surface area (Å²) in [7, 11) is -3.74. The molecule has 2 aromatic rings. The number of rotatable bonds is 8. The number of carbonyl (C=O) groups is 1. The highest BCUT2D eigenvalue weighted by atomic mass is 32.2. The molecule has 0 aliphatic carbocycles. The molecule has 0 spiro atoms. The number of nitrogens with two attached hydrogens (primary N) is 2. The van der Waals surface area contributed by atoms with Crippen LogP contribution in [0.15, 0.2) is 53.4 Å². The molecule has 5 N–H and O–H groups in total. The van der Waals surface area contributed by atoms with Crippen molar-refractivity contribution in [2.24, 2.45) is 11.1 Å². The molecule has 1 amide bonds. The fourth-order valence-corrected chi connectivity index (χ4v) is 3.56. The molecule has 0 aromatic heterocycles. The Labute approximate surface area is 167 Å². The van der Waals surface area contributed by atoms with Gasteiger partial charge in [-0.2, -0.15) is 0 Å². The molecule has 0 bridgehead atoms. The number of hydrogen-bond donors (Lipinski definition) is 3. The predicted molar refractivity (Wildman–Crippen MR) is 111 cm³/mol. The normalized spacial score (nSPS) is 13.9. The molecular formula is C21H30N3O3S+. The molecule has 0 saturated heterocycles. The Morgan fingerprint density at radius 3 is 2.07 bits per heavy atom. The molecule has 0 aliphatic heterocycles. The maximum Gasteiger partial charge on any atom is 0.282 e. The third-order valence-corrected chi connectivity index (χ3v) is 5.52. The summed E-state index contributed by atoms with van der Waals surface area (Å²) in [5, 5.41) is 9.89. The topological polar surface area (TPSA) is 106 Å². The first-order valence-corrected chi connectivity index (χ1v) is 11.0. The van der Waals surface area contributed by atoms with Crippen molar-refractivity contribution in [3.05, 3.63) is 59.7 Å². The number of nitrogens with one attached hydrogen (secondary N) is 1. The number of carbonyl (C=O) groups excluding carboxylic acids is 1. The standard InChI is InChI=1S/C21H29N3O3S/c1-14(2)13-17-5-7-18(8-6-17)15(3)23-16(4)21(25)24-19-9-11-20(12-10-19)28(22,26)27/h5-12,14-16,23H,13H2,1-4H3,(H,24,25)(H2,22,26,27)/p+1/t15-,16+/m0/s1. The van der Waals surface area contributed by atoms with Crippen LogP contribution in [0.3, 0.4) is 0 Å². The SMILES string of the molecule is CC(C)Cc1ccc([C@H](C)[NH2+][C@H](C)C(=O)Nc2ccc(S(N)(=O)=O)cc2)cc1. The lowest BCUT2D eigenvalue weighted by Gasteiger charge is -2.17. The van der Waals surface area contributed by atoms with E-state index in [1.807, 2.05) is 12.2 Å². The van der Waals surface area contributed by atoms with Gasteiger partial charge in [-0.3, -0.25) is 4.79 Å². The summed E-state index contributed by atoms with van der Waals surface area (Å²) in [4.78, 5) is 12.5. The number of anilines is 1. The van der Waals surface area contributed by atoms with E-state index in [0.29, 0.717) is 11.6 Å². The Morgan fingerprint density at radius 1 is 1.00 bits per heavy atom. The monoisotopic (exact) mass is 404 g/mol. The van der Waals surface area contributed by atoms with Crippen LogP contribution in [0.25, 0.3) is 0 Å². The second-order valence-corrected chi connectivity index (χ2v) is 9.23. The maximum atomic E-state index is 12.5. The van der Waals surface area contributed by atoms with Crippen LogP contribution < -0.4 is 15.8 Å². The highest BCUT2D eigenvalue weighted by Gasteiger charge is 2.20. The van der Waals surface area contributed by atoms with Gasteiger partial charge in [-0.1, -0.05) is 38.1 Å². The predicted octanol–water partition coefficient (Wildman–Crippen LogP) is 2.18. The van der Waals surface area contributed by atoms with Crippen LogP contribution in [0.4, 0.5) is 5.69 Å². The minimum Gasteiger partial charge on any atom is -0.330 e. The van der Waals surface area contributed by atoms with Crippen molar-refractivity contribution in [3.8, 4) is 0 Å². The number of sulfonamides is 1. The van der Waals surface area contributed by atoms with Crippen molar-refractivity contribution < 1.29 is 18.5 Å². The second-order valence-electron chi connectivity index (χ2n) is 7.67. The zero-order chi connectivity index (χ0) is 20.9. The van der Waals surface area contributed by atoms with Gasteiger partial charge in [-0.25, -0.2) is 13.6 Å². The first kappa shape index (κ1) is 22.1. The van der Waals surface area contributed by atoms with Crippen LogP contribution in [0, 0.1) is 5.92 Å². The lowest BCUT2D eigenvalue weighted by Crippen LogP contribution is -2.91. The van der Waals surface area contributed by atoms with Gasteiger partial charge in [0.1, 0.15) is 6.04 Å². The molecule has 0 aliphatic rings. The average molecular weight is 405 g/mol. The number of quaternary nitrogens is 1. The van der Waals surface area contributed by atoms with Gasteiger partial charge in [0, 0.05) is 11.3 Å². The van der Waals surface area contributed by atoms with Crippen molar-refractivity contribution in [2.45, 2.75) is 51.1 Å². The molecule has 2 rings (SSSR count). The summed E-state index contributed by atoms with van der Waals surface area (Å²) in [6.45, 7) is 8.32. The third-order valence-electron chi connectivity index (χ3n) is 4.59. The Hall–Kier alpha value is -2.22. The van der Waals surface area contributed by atoms with Crippen molar-refractivity contribution in [1.29, 1.82) is 0 Å². The number of primary sulfonamides is 1. The third kappa shape index (κ3) is 6.44. The molecule has 0 fully saturated rings. The molecule has 2 aromatic carbocycles. The minimum atomic E-state index is -3.74. The summed E-state index contributed by atoms with van der Waals surface area (Å²) >= 11 is 0. The highest BCUT2D eigenvalue weighted by Crippen LogP contribution is 2.14. The van der Waals surface area contributed by atoms with E-state index in [1.54, 1.807) is 0 Å². The van der Waals surface area contributed by atoms with Gasteiger partial charge in [0.05, 0.1) is 4.90 Å². The molecule has 0 saturated carbocycles. The Kier molecular flexibility index (Phi) is 7.35. The fourth-order valence-electron chi connectivity index (χ4n) is 3.04. The summed E-state index contributed by atoms with van der Waals surface area (Å²) in [6.07, 6.45) is 1.06. The first-order chi connectivity index (χ1) is 13.1. The molecule has 152 valence electrons. The molecular weight excluding hydrogens is 374 g/mol. The second kappa shape index (κ2) is 9.32. The van der Waals surface area contributed by atoms with Gasteiger partial charge in [0.2, 0.25) is 10.0 Å². The zero-order valence-corrected chi connectivity index (χ0v) is 17.7. The Balaban J connectivity index is 1.94. The van der Waals surface area contributed by atoms with E-state index in [0.717, 1.165) is 6.42 Å². The van der Waals surface area contributed by atoms with Gasteiger partial charge in [-0.15, -0.1) is 0 Å². The zero-order valence-electron chi connectivity index (χ0n) is 16.8. The molecule has 0 radical (unpaired) electrons. The lowest BCUT2D eigenvalue weighted by atomic mass is 9.99. The largest absolute Gasteiger partial charge is 0.330 e. The summed E-state index contributed by atoms with van der Waals surface area (Å²) in [6, 6.07) is 14.2. The van der Waals surface area contributed by atoms with E-state index in [2.05, 4.69) is 50.4 Å². The number of benzene rings is 2. The van der Waals surface area contributed by atoms with E-state index < -0.39 is 10.0 Å². The molecule has 6 nitrogen and oxygen atoms in total. The summed E-state index contributed by atoms with van der Waals surface area (Å²) in [5.74, 6) is 0.476. The molecule has 2 atom stereocenters. The van der Waals surface area contributed by atoms with Crippen LogP contribution in [0.1, 0.15) is 44.9 Å². The van der Waals surface area contributed by atoms with Gasteiger partial charge in [0.25, 0.3) is 5.91 Å². The van der Waals surface area contributed by atoms with E-state index in [9.17, 15) is 13.2 Å². The van der Waals surface area contributed by atoms with Crippen molar-refractivity contribution in [3.63, 3.8) is 0 Å². The molecule has 28 heavy (non-hydrogen) atoms. The lowest BCUT2D eigenvalue weighted by molar-refractivity contribution is -0.709. The number of hydrogen-bond acceptors (Lipinski definition) is 3. The van der Waals surface area contributed by atoms with Crippen LogP contribution in [0.2, 0.25) is 0 Å². The van der Waals surface area contributed by atoms with Crippen molar-refractivity contribution in [2.75, 3.05) is 5.32 Å².